The minimum absolute atomic E-state index is 0.0281. The number of nitro benzene ring substituents is 1. The number of para-hydroxylation sites is 1. The minimum Gasteiger partial charge on any atom is -0.489 e. The maximum atomic E-state index is 14.0. The molecule has 1 atom stereocenters. The summed E-state index contributed by atoms with van der Waals surface area (Å²) in [7, 11) is -3.92. The van der Waals surface area contributed by atoms with Crippen LogP contribution in [-0.4, -0.2) is 51.2 Å². The Morgan fingerprint density at radius 1 is 1.03 bits per heavy atom. The Morgan fingerprint density at radius 2 is 1.70 bits per heavy atom. The number of anilines is 1. The number of nitro groups is 1. The molecule has 0 bridgehead atoms. The summed E-state index contributed by atoms with van der Waals surface area (Å²) in [4.78, 5) is 12.9. The van der Waals surface area contributed by atoms with Crippen molar-refractivity contribution in [2.75, 3.05) is 37.2 Å². The first kappa shape index (κ1) is 24.9. The van der Waals surface area contributed by atoms with Crippen LogP contribution in [-0.2, 0) is 14.8 Å². The van der Waals surface area contributed by atoms with E-state index < -0.39 is 14.9 Å². The summed E-state index contributed by atoms with van der Waals surface area (Å²) in [6.07, 6.45) is 1.79. The molecule has 0 N–H and O–H groups in total. The Balaban J connectivity index is 1.54. The number of ether oxygens (including phenoxy) is 2. The smallest absolute Gasteiger partial charge is 0.269 e. The molecule has 0 amide bonds. The molecule has 2 aliphatic heterocycles. The Kier molecular flexibility index (Phi) is 6.96. The second-order valence-corrected chi connectivity index (χ2v) is 10.7. The van der Waals surface area contributed by atoms with Crippen molar-refractivity contribution < 1.29 is 22.8 Å². The zero-order chi connectivity index (χ0) is 26.0. The molecule has 0 saturated carbocycles. The van der Waals surface area contributed by atoms with Gasteiger partial charge in [-0.3, -0.25) is 15.0 Å². The first-order valence-electron chi connectivity index (χ1n) is 12.0. The maximum Gasteiger partial charge on any atom is 0.269 e. The summed E-state index contributed by atoms with van der Waals surface area (Å²) in [5.41, 5.74) is 3.05. The quantitative estimate of drug-likeness (QED) is 0.334. The fourth-order valence-corrected chi connectivity index (χ4v) is 6.27. The van der Waals surface area contributed by atoms with Gasteiger partial charge in [0.1, 0.15) is 12.4 Å². The van der Waals surface area contributed by atoms with Gasteiger partial charge in [-0.2, -0.15) is 0 Å². The first-order valence-corrected chi connectivity index (χ1v) is 13.4. The van der Waals surface area contributed by atoms with Crippen LogP contribution >= 0.6 is 0 Å². The number of morpholine rings is 1. The summed E-state index contributed by atoms with van der Waals surface area (Å²) < 4.78 is 40.9. The Labute approximate surface area is 215 Å². The molecule has 3 aromatic carbocycles. The average molecular weight is 522 g/mol. The molecule has 0 radical (unpaired) electrons. The van der Waals surface area contributed by atoms with Gasteiger partial charge in [0, 0.05) is 30.8 Å². The van der Waals surface area contributed by atoms with E-state index in [1.165, 1.54) is 28.6 Å². The summed E-state index contributed by atoms with van der Waals surface area (Å²) >= 11 is 0. The number of hydrogen-bond donors (Lipinski definition) is 0. The van der Waals surface area contributed by atoms with Crippen LogP contribution in [0.4, 0.5) is 11.4 Å². The van der Waals surface area contributed by atoms with Gasteiger partial charge in [-0.1, -0.05) is 35.9 Å². The van der Waals surface area contributed by atoms with Crippen molar-refractivity contribution in [2.45, 2.75) is 17.9 Å². The fourth-order valence-electron chi connectivity index (χ4n) is 4.70. The molecule has 2 heterocycles. The highest BCUT2D eigenvalue weighted by molar-refractivity contribution is 7.93. The van der Waals surface area contributed by atoms with Gasteiger partial charge in [-0.25, -0.2) is 12.7 Å². The van der Waals surface area contributed by atoms with Crippen molar-refractivity contribution in [1.29, 1.82) is 0 Å². The molecule has 0 spiro atoms. The van der Waals surface area contributed by atoms with Crippen LogP contribution in [0.1, 0.15) is 17.2 Å². The third-order valence-corrected chi connectivity index (χ3v) is 8.28. The number of aryl methyl sites for hydroxylation is 1. The third-order valence-electron chi connectivity index (χ3n) is 6.52. The molecule has 10 heteroatoms. The summed E-state index contributed by atoms with van der Waals surface area (Å²) in [5, 5.41) is 10.9. The van der Waals surface area contributed by atoms with E-state index in [4.69, 9.17) is 9.47 Å². The monoisotopic (exact) mass is 521 g/mol. The number of sulfonamides is 1. The standard InChI is InChI=1S/C27H27N3O6S/c1-20-6-12-23(13-7-20)37(33,34)29-25-5-3-2-4-24(25)27(28-15-18-35-19-16-28)26(29)14-17-36-22-10-8-21(9-11-22)30(31)32/h2-14,27H,15-19H2,1H3/b26-14-/t27-/m0/s1. The van der Waals surface area contributed by atoms with Gasteiger partial charge < -0.3 is 9.47 Å². The van der Waals surface area contributed by atoms with Gasteiger partial charge in [0.15, 0.2) is 0 Å². The van der Waals surface area contributed by atoms with Crippen molar-refractivity contribution in [3.05, 3.63) is 106 Å². The number of benzene rings is 3. The second kappa shape index (κ2) is 10.3. The highest BCUT2D eigenvalue weighted by Gasteiger charge is 2.43. The number of hydrogen-bond acceptors (Lipinski definition) is 7. The lowest BCUT2D eigenvalue weighted by atomic mass is 10.0. The Morgan fingerprint density at radius 3 is 2.38 bits per heavy atom. The molecule has 0 aromatic heterocycles. The molecule has 1 fully saturated rings. The van der Waals surface area contributed by atoms with Crippen LogP contribution in [0.5, 0.6) is 5.75 Å². The number of non-ortho nitro benzene ring substituents is 1. The third kappa shape index (κ3) is 4.95. The molecular formula is C27H27N3O6S. The summed E-state index contributed by atoms with van der Waals surface area (Å²) in [6, 6.07) is 19.9. The summed E-state index contributed by atoms with van der Waals surface area (Å²) in [6.45, 7) is 4.46. The fraction of sp³-hybridized carbons (Fsp3) is 0.259. The highest BCUT2D eigenvalue weighted by Crippen LogP contribution is 2.48. The molecule has 2 aliphatic rings. The molecule has 9 nitrogen and oxygen atoms in total. The van der Waals surface area contributed by atoms with Crippen LogP contribution < -0.4 is 9.04 Å². The van der Waals surface area contributed by atoms with Crippen molar-refractivity contribution in [3.8, 4) is 5.75 Å². The van der Waals surface area contributed by atoms with E-state index in [0.717, 1.165) is 11.1 Å². The molecule has 1 saturated heterocycles. The lowest BCUT2D eigenvalue weighted by Gasteiger charge is -2.34. The molecule has 0 aliphatic carbocycles. The first-order chi connectivity index (χ1) is 17.9. The molecule has 5 rings (SSSR count). The lowest BCUT2D eigenvalue weighted by Crippen LogP contribution is -2.41. The van der Waals surface area contributed by atoms with Crippen LogP contribution in [0.2, 0.25) is 0 Å². The van der Waals surface area contributed by atoms with Gasteiger partial charge in [0.05, 0.1) is 40.5 Å². The Bertz CT molecular complexity index is 1420. The van der Waals surface area contributed by atoms with Gasteiger partial charge in [-0.15, -0.1) is 0 Å². The SMILES string of the molecule is Cc1ccc(S(=O)(=O)N2/C(=C\COc3ccc([N+](=O)[O-])cc3)[C@@H](N3CCOCC3)c3ccccc32)cc1. The largest absolute Gasteiger partial charge is 0.489 e. The van der Waals surface area contributed by atoms with E-state index in [2.05, 4.69) is 4.90 Å². The predicted molar refractivity (Wildman–Crippen MR) is 139 cm³/mol. The van der Waals surface area contributed by atoms with E-state index in [-0.39, 0.29) is 23.2 Å². The second-order valence-electron chi connectivity index (χ2n) is 8.88. The normalized spacial score (nSPS) is 19.1. The number of nitrogens with zero attached hydrogens (tertiary/aromatic N) is 3. The van der Waals surface area contributed by atoms with E-state index in [9.17, 15) is 18.5 Å². The number of rotatable bonds is 7. The van der Waals surface area contributed by atoms with Crippen LogP contribution in [0.3, 0.4) is 0 Å². The topological polar surface area (TPSA) is 102 Å². The van der Waals surface area contributed by atoms with Gasteiger partial charge in [0.2, 0.25) is 0 Å². The molecule has 192 valence electrons. The van der Waals surface area contributed by atoms with Gasteiger partial charge >= 0.3 is 0 Å². The van der Waals surface area contributed by atoms with Crippen molar-refractivity contribution in [2.24, 2.45) is 0 Å². The van der Waals surface area contributed by atoms with Crippen LogP contribution in [0.25, 0.3) is 0 Å². The van der Waals surface area contributed by atoms with Crippen molar-refractivity contribution in [1.82, 2.24) is 4.90 Å². The van der Waals surface area contributed by atoms with E-state index >= 15 is 0 Å². The lowest BCUT2D eigenvalue weighted by molar-refractivity contribution is -0.384. The zero-order valence-electron chi connectivity index (χ0n) is 20.3. The minimum atomic E-state index is -3.92. The van der Waals surface area contributed by atoms with E-state index in [1.54, 1.807) is 30.3 Å². The average Bonchev–Trinajstić information content (AvgIpc) is 3.24. The van der Waals surface area contributed by atoms with Crippen molar-refractivity contribution >= 4 is 21.4 Å². The van der Waals surface area contributed by atoms with Crippen LogP contribution in [0, 0.1) is 17.0 Å². The van der Waals surface area contributed by atoms with Crippen LogP contribution in [0.15, 0.2) is 89.5 Å². The molecule has 37 heavy (non-hydrogen) atoms. The van der Waals surface area contributed by atoms with E-state index in [1.807, 2.05) is 31.2 Å². The number of fused-ring (bicyclic) bond motifs is 1. The molecule has 3 aromatic rings. The molecular weight excluding hydrogens is 494 g/mol. The van der Waals surface area contributed by atoms with E-state index in [0.29, 0.717) is 43.4 Å². The van der Waals surface area contributed by atoms with Gasteiger partial charge in [-0.05, 0) is 43.3 Å². The van der Waals surface area contributed by atoms with Crippen molar-refractivity contribution in [3.63, 3.8) is 0 Å². The Hall–Kier alpha value is -3.73. The van der Waals surface area contributed by atoms with Gasteiger partial charge in [0.25, 0.3) is 15.7 Å². The summed E-state index contributed by atoms with van der Waals surface area (Å²) in [5.74, 6) is 0.453. The highest BCUT2D eigenvalue weighted by atomic mass is 32.2. The maximum absolute atomic E-state index is 14.0. The molecule has 0 unspecified atom stereocenters. The zero-order valence-corrected chi connectivity index (χ0v) is 21.1. The predicted octanol–water partition coefficient (Wildman–Crippen LogP) is 4.45.